The Morgan fingerprint density at radius 3 is 2.47 bits per heavy atom. The molecule has 0 fully saturated rings. The zero-order valence-electron chi connectivity index (χ0n) is 10.4. The average molecular weight is 229 g/mol. The molecule has 2 heteroatoms. The summed E-state index contributed by atoms with van der Waals surface area (Å²) in [5.74, 6) is 0.886. The van der Waals surface area contributed by atoms with E-state index in [-0.39, 0.29) is 6.04 Å². The number of hydrogen-bond donors (Lipinski definition) is 2. The highest BCUT2D eigenvalue weighted by Gasteiger charge is 2.08. The molecule has 2 aromatic carbocycles. The van der Waals surface area contributed by atoms with Crippen LogP contribution in [0.3, 0.4) is 0 Å². The number of phenolic OH excluding ortho intramolecular Hbond substituents is 1. The minimum absolute atomic E-state index is 0.0711. The Hall–Kier alpha value is -1.54. The van der Waals surface area contributed by atoms with Crippen molar-refractivity contribution in [2.24, 2.45) is 11.7 Å². The first kappa shape index (κ1) is 11.9. The monoisotopic (exact) mass is 229 g/mol. The second kappa shape index (κ2) is 4.76. The number of aromatic hydroxyl groups is 1. The number of nitrogens with two attached hydrogens (primary N) is 1. The molecular formula is C15H19NO. The van der Waals surface area contributed by atoms with E-state index in [0.717, 1.165) is 22.8 Å². The quantitative estimate of drug-likeness (QED) is 0.844. The van der Waals surface area contributed by atoms with E-state index in [0.29, 0.717) is 11.7 Å². The number of benzene rings is 2. The first-order valence-electron chi connectivity index (χ1n) is 6.04. The molecular weight excluding hydrogens is 210 g/mol. The number of fused-ring (bicyclic) bond motifs is 1. The van der Waals surface area contributed by atoms with Gasteiger partial charge in [-0.1, -0.05) is 32.0 Å². The first-order chi connectivity index (χ1) is 8.06. The standard InChI is InChI=1S/C15H19NO/c1-10(2)7-15(16)12-4-3-11-5-6-14(17)9-13(11)8-12/h3-6,8-10,15,17H,7,16H2,1-2H3. The molecule has 0 aliphatic heterocycles. The molecule has 2 nitrogen and oxygen atoms in total. The van der Waals surface area contributed by atoms with E-state index in [1.807, 2.05) is 6.07 Å². The molecule has 0 aromatic heterocycles. The topological polar surface area (TPSA) is 46.2 Å². The SMILES string of the molecule is CC(C)CC(N)c1ccc2ccc(O)cc2c1. The lowest BCUT2D eigenvalue weighted by Crippen LogP contribution is -2.12. The van der Waals surface area contributed by atoms with Crippen molar-refractivity contribution >= 4 is 10.8 Å². The van der Waals surface area contributed by atoms with Crippen LogP contribution in [0.2, 0.25) is 0 Å². The van der Waals surface area contributed by atoms with Gasteiger partial charge < -0.3 is 10.8 Å². The fourth-order valence-corrected chi connectivity index (χ4v) is 2.13. The largest absolute Gasteiger partial charge is 0.508 e. The van der Waals surface area contributed by atoms with Crippen LogP contribution in [-0.2, 0) is 0 Å². The summed E-state index contributed by atoms with van der Waals surface area (Å²) < 4.78 is 0. The Morgan fingerprint density at radius 2 is 1.76 bits per heavy atom. The lowest BCUT2D eigenvalue weighted by molar-refractivity contribution is 0.476. The third-order valence-corrected chi connectivity index (χ3v) is 3.00. The average Bonchev–Trinajstić information content (AvgIpc) is 2.27. The van der Waals surface area contributed by atoms with Crippen LogP contribution < -0.4 is 5.73 Å². The molecule has 0 saturated carbocycles. The van der Waals surface area contributed by atoms with Gasteiger partial charge in [0, 0.05) is 6.04 Å². The summed E-state index contributed by atoms with van der Waals surface area (Å²) in [4.78, 5) is 0. The van der Waals surface area contributed by atoms with Crippen LogP contribution >= 0.6 is 0 Å². The predicted octanol–water partition coefficient (Wildman–Crippen LogP) is 3.59. The molecule has 0 amide bonds. The van der Waals surface area contributed by atoms with Crippen molar-refractivity contribution in [2.75, 3.05) is 0 Å². The van der Waals surface area contributed by atoms with Gasteiger partial charge in [0.2, 0.25) is 0 Å². The molecule has 2 rings (SSSR count). The smallest absolute Gasteiger partial charge is 0.116 e. The Morgan fingerprint density at radius 1 is 1.06 bits per heavy atom. The molecule has 3 N–H and O–H groups in total. The van der Waals surface area contributed by atoms with Crippen molar-refractivity contribution in [3.63, 3.8) is 0 Å². The summed E-state index contributed by atoms with van der Waals surface area (Å²) >= 11 is 0. The van der Waals surface area contributed by atoms with Gasteiger partial charge in [-0.2, -0.15) is 0 Å². The van der Waals surface area contributed by atoms with Crippen molar-refractivity contribution in [2.45, 2.75) is 26.3 Å². The first-order valence-corrected chi connectivity index (χ1v) is 6.04. The predicted molar refractivity (Wildman–Crippen MR) is 72.0 cm³/mol. The summed E-state index contributed by atoms with van der Waals surface area (Å²) in [5, 5.41) is 11.6. The van der Waals surface area contributed by atoms with Crippen molar-refractivity contribution in [1.82, 2.24) is 0 Å². The van der Waals surface area contributed by atoms with E-state index in [9.17, 15) is 5.11 Å². The Bertz CT molecular complexity index is 519. The summed E-state index contributed by atoms with van der Waals surface area (Å²) in [7, 11) is 0. The lowest BCUT2D eigenvalue weighted by atomic mass is 9.96. The van der Waals surface area contributed by atoms with E-state index >= 15 is 0 Å². The maximum absolute atomic E-state index is 9.47. The molecule has 90 valence electrons. The fourth-order valence-electron chi connectivity index (χ4n) is 2.13. The van der Waals surface area contributed by atoms with Gasteiger partial charge >= 0.3 is 0 Å². The Labute approximate surface area is 102 Å². The molecule has 0 spiro atoms. The summed E-state index contributed by atoms with van der Waals surface area (Å²) in [6.45, 7) is 4.35. The number of phenols is 1. The van der Waals surface area contributed by atoms with Crippen LogP contribution in [0.15, 0.2) is 36.4 Å². The third-order valence-electron chi connectivity index (χ3n) is 3.00. The second-order valence-corrected chi connectivity index (χ2v) is 5.03. The van der Waals surface area contributed by atoms with E-state index in [2.05, 4.69) is 32.0 Å². The highest BCUT2D eigenvalue weighted by molar-refractivity contribution is 5.84. The number of rotatable bonds is 3. The molecule has 1 atom stereocenters. The normalized spacial score (nSPS) is 13.2. The van der Waals surface area contributed by atoms with Crippen LogP contribution in [0, 0.1) is 5.92 Å². The molecule has 0 heterocycles. The van der Waals surface area contributed by atoms with Gasteiger partial charge in [0.05, 0.1) is 0 Å². The molecule has 0 aliphatic rings. The van der Waals surface area contributed by atoms with Gasteiger partial charge in [-0.3, -0.25) is 0 Å². The van der Waals surface area contributed by atoms with Gasteiger partial charge in [0.15, 0.2) is 0 Å². The zero-order chi connectivity index (χ0) is 12.4. The molecule has 1 unspecified atom stereocenters. The summed E-state index contributed by atoms with van der Waals surface area (Å²) in [5.41, 5.74) is 7.30. The Kier molecular flexibility index (Phi) is 3.34. The minimum Gasteiger partial charge on any atom is -0.508 e. The van der Waals surface area contributed by atoms with Crippen molar-refractivity contribution in [3.05, 3.63) is 42.0 Å². The van der Waals surface area contributed by atoms with E-state index < -0.39 is 0 Å². The summed E-state index contributed by atoms with van der Waals surface area (Å²) in [6, 6.07) is 11.7. The van der Waals surface area contributed by atoms with E-state index in [4.69, 9.17) is 5.73 Å². The summed E-state index contributed by atoms with van der Waals surface area (Å²) in [6.07, 6.45) is 0.977. The van der Waals surface area contributed by atoms with Crippen LogP contribution in [0.25, 0.3) is 10.8 Å². The Balaban J connectivity index is 2.36. The van der Waals surface area contributed by atoms with E-state index in [1.165, 1.54) is 0 Å². The highest BCUT2D eigenvalue weighted by Crippen LogP contribution is 2.25. The van der Waals surface area contributed by atoms with Crippen LogP contribution in [0.1, 0.15) is 31.9 Å². The molecule has 2 aromatic rings. The maximum Gasteiger partial charge on any atom is 0.116 e. The van der Waals surface area contributed by atoms with Crippen LogP contribution in [0.5, 0.6) is 5.75 Å². The molecule has 0 radical (unpaired) electrons. The third kappa shape index (κ3) is 2.77. The lowest BCUT2D eigenvalue weighted by Gasteiger charge is -2.15. The maximum atomic E-state index is 9.47. The fraction of sp³-hybridized carbons (Fsp3) is 0.333. The van der Waals surface area contributed by atoms with E-state index in [1.54, 1.807) is 12.1 Å². The molecule has 17 heavy (non-hydrogen) atoms. The van der Waals surface area contributed by atoms with Crippen LogP contribution in [-0.4, -0.2) is 5.11 Å². The second-order valence-electron chi connectivity index (χ2n) is 5.03. The van der Waals surface area contributed by atoms with Crippen molar-refractivity contribution in [1.29, 1.82) is 0 Å². The van der Waals surface area contributed by atoms with Crippen LogP contribution in [0.4, 0.5) is 0 Å². The van der Waals surface area contributed by atoms with Gasteiger partial charge in [0.1, 0.15) is 5.75 Å². The number of hydrogen-bond acceptors (Lipinski definition) is 2. The highest BCUT2D eigenvalue weighted by atomic mass is 16.3. The molecule has 0 aliphatic carbocycles. The zero-order valence-corrected chi connectivity index (χ0v) is 10.4. The van der Waals surface area contributed by atoms with Gasteiger partial charge in [-0.25, -0.2) is 0 Å². The van der Waals surface area contributed by atoms with Gasteiger partial charge in [-0.05, 0) is 46.9 Å². The van der Waals surface area contributed by atoms with Crippen molar-refractivity contribution < 1.29 is 5.11 Å². The van der Waals surface area contributed by atoms with Gasteiger partial charge in [0.25, 0.3) is 0 Å². The molecule has 0 saturated heterocycles. The van der Waals surface area contributed by atoms with Gasteiger partial charge in [-0.15, -0.1) is 0 Å². The minimum atomic E-state index is 0.0711. The molecule has 0 bridgehead atoms. The van der Waals surface area contributed by atoms with Crippen molar-refractivity contribution in [3.8, 4) is 5.75 Å².